The number of ether oxygens (including phenoxy) is 2. The van der Waals surface area contributed by atoms with Crippen LogP contribution < -0.4 is 20.5 Å². The number of benzene rings is 1. The zero-order valence-electron chi connectivity index (χ0n) is 12.3. The molecule has 4 N–H and O–H groups in total. The van der Waals surface area contributed by atoms with Crippen LogP contribution in [0.3, 0.4) is 0 Å². The van der Waals surface area contributed by atoms with Crippen LogP contribution in [0.4, 0.5) is 5.69 Å². The van der Waals surface area contributed by atoms with Gasteiger partial charge in [-0.25, -0.2) is 0 Å². The van der Waals surface area contributed by atoms with Crippen LogP contribution in [0, 0.1) is 0 Å². The van der Waals surface area contributed by atoms with Gasteiger partial charge >= 0.3 is 0 Å². The van der Waals surface area contributed by atoms with Crippen LogP contribution in [-0.4, -0.2) is 49.4 Å². The number of nitrogens with one attached hydrogen (secondary N) is 1. The minimum absolute atomic E-state index is 0.0979. The van der Waals surface area contributed by atoms with Gasteiger partial charge in [-0.3, -0.25) is 4.79 Å². The molecule has 118 valence electrons. The molecule has 0 aliphatic carbocycles. The fourth-order valence-electron chi connectivity index (χ4n) is 1.63. The Morgan fingerprint density at radius 1 is 1.48 bits per heavy atom. The van der Waals surface area contributed by atoms with Crippen LogP contribution in [-0.2, 0) is 4.79 Å². The highest BCUT2D eigenvalue weighted by molar-refractivity contribution is 7.98. The predicted octanol–water partition coefficient (Wildman–Crippen LogP) is 1.09. The monoisotopic (exact) mass is 314 g/mol. The van der Waals surface area contributed by atoms with Gasteiger partial charge in [0, 0.05) is 11.8 Å². The van der Waals surface area contributed by atoms with Crippen LogP contribution in [0.5, 0.6) is 11.5 Å². The molecule has 1 rings (SSSR count). The number of hydrogen-bond acceptors (Lipinski definition) is 6. The number of anilines is 1. The van der Waals surface area contributed by atoms with E-state index in [4.69, 9.17) is 20.3 Å². The molecule has 1 aromatic rings. The molecule has 0 radical (unpaired) electrons. The molecule has 0 unspecified atom stereocenters. The van der Waals surface area contributed by atoms with Crippen LogP contribution in [0.1, 0.15) is 6.42 Å². The summed E-state index contributed by atoms with van der Waals surface area (Å²) >= 11 is 1.65. The second-order valence-electron chi connectivity index (χ2n) is 4.31. The zero-order chi connectivity index (χ0) is 15.7. The summed E-state index contributed by atoms with van der Waals surface area (Å²) in [4.78, 5) is 11.9. The van der Waals surface area contributed by atoms with Crippen molar-refractivity contribution in [3.8, 4) is 11.5 Å². The maximum absolute atomic E-state index is 11.9. The van der Waals surface area contributed by atoms with E-state index in [1.807, 2.05) is 6.26 Å². The number of carbonyl (C=O) groups excluding carboxylic acids is 1. The van der Waals surface area contributed by atoms with E-state index >= 15 is 0 Å². The van der Waals surface area contributed by atoms with Gasteiger partial charge in [0.1, 0.15) is 6.61 Å². The van der Waals surface area contributed by atoms with E-state index in [-0.39, 0.29) is 19.1 Å². The summed E-state index contributed by atoms with van der Waals surface area (Å²) in [6.45, 7) is 0.0558. The van der Waals surface area contributed by atoms with E-state index in [1.165, 1.54) is 7.11 Å². The predicted molar refractivity (Wildman–Crippen MR) is 85.2 cm³/mol. The molecule has 0 aliphatic rings. The molecule has 0 fully saturated rings. The summed E-state index contributed by atoms with van der Waals surface area (Å²) in [6, 6.07) is 4.51. The molecule has 0 aromatic heterocycles. The summed E-state index contributed by atoms with van der Waals surface area (Å²) < 4.78 is 10.5. The number of carbonyl (C=O) groups is 1. The van der Waals surface area contributed by atoms with Gasteiger partial charge < -0.3 is 25.6 Å². The molecule has 6 nitrogen and oxygen atoms in total. The number of amides is 1. The normalized spacial score (nSPS) is 11.8. The maximum atomic E-state index is 11.9. The molecule has 0 saturated heterocycles. The third-order valence-corrected chi connectivity index (χ3v) is 3.39. The third-order valence-electron chi connectivity index (χ3n) is 2.75. The largest absolute Gasteiger partial charge is 0.493 e. The van der Waals surface area contributed by atoms with E-state index in [9.17, 15) is 4.79 Å². The summed E-state index contributed by atoms with van der Waals surface area (Å²) in [5, 5.41) is 11.6. The van der Waals surface area contributed by atoms with E-state index in [1.54, 1.807) is 30.0 Å². The standard InChI is InChI=1S/C14H22N2O4S/c1-19-12-4-3-10(9-13(12)20-7-6-17)16-14(18)11(15)5-8-21-2/h3-4,9,11,17H,5-8,15H2,1-2H3,(H,16,18)/t11-/m1/s1. The van der Waals surface area contributed by atoms with E-state index in [0.717, 1.165) is 5.75 Å². The number of thioether (sulfide) groups is 1. The lowest BCUT2D eigenvalue weighted by molar-refractivity contribution is -0.117. The van der Waals surface area contributed by atoms with E-state index in [2.05, 4.69) is 5.32 Å². The van der Waals surface area contributed by atoms with Gasteiger partial charge in [-0.05, 0) is 30.6 Å². The van der Waals surface area contributed by atoms with Crippen molar-refractivity contribution >= 4 is 23.4 Å². The molecular weight excluding hydrogens is 292 g/mol. The fourth-order valence-corrected chi connectivity index (χ4v) is 2.12. The number of methoxy groups -OCH3 is 1. The number of nitrogens with two attached hydrogens (primary N) is 1. The third kappa shape index (κ3) is 5.82. The van der Waals surface area contributed by atoms with Crippen LogP contribution in [0.2, 0.25) is 0 Å². The topological polar surface area (TPSA) is 93.8 Å². The summed E-state index contributed by atoms with van der Waals surface area (Å²) in [5.41, 5.74) is 6.39. The second-order valence-corrected chi connectivity index (χ2v) is 5.30. The number of aliphatic hydroxyl groups is 1. The number of hydrogen-bond donors (Lipinski definition) is 3. The number of aliphatic hydroxyl groups excluding tert-OH is 1. The molecule has 1 amide bonds. The number of rotatable bonds is 9. The highest BCUT2D eigenvalue weighted by Gasteiger charge is 2.14. The first-order valence-electron chi connectivity index (χ1n) is 6.59. The van der Waals surface area contributed by atoms with Crippen molar-refractivity contribution in [3.63, 3.8) is 0 Å². The summed E-state index contributed by atoms with van der Waals surface area (Å²) in [5.74, 6) is 1.60. The highest BCUT2D eigenvalue weighted by Crippen LogP contribution is 2.30. The lowest BCUT2D eigenvalue weighted by Gasteiger charge is -2.14. The SMILES string of the molecule is COc1ccc(NC(=O)[C@H](N)CCSC)cc1OCCO. The minimum atomic E-state index is -0.540. The van der Waals surface area contributed by atoms with Crippen molar-refractivity contribution in [2.45, 2.75) is 12.5 Å². The molecule has 21 heavy (non-hydrogen) atoms. The molecule has 0 aliphatic heterocycles. The van der Waals surface area contributed by atoms with Gasteiger partial charge in [0.05, 0.1) is 19.8 Å². The lowest BCUT2D eigenvalue weighted by Crippen LogP contribution is -2.36. The molecular formula is C14H22N2O4S. The van der Waals surface area contributed by atoms with Crippen LogP contribution in [0.25, 0.3) is 0 Å². The van der Waals surface area contributed by atoms with Crippen molar-refractivity contribution in [1.29, 1.82) is 0 Å². The molecule has 0 heterocycles. The van der Waals surface area contributed by atoms with Crippen molar-refractivity contribution in [2.24, 2.45) is 5.73 Å². The van der Waals surface area contributed by atoms with Crippen molar-refractivity contribution in [2.75, 3.05) is 37.6 Å². The first-order valence-corrected chi connectivity index (χ1v) is 7.98. The van der Waals surface area contributed by atoms with Gasteiger partial charge in [-0.2, -0.15) is 11.8 Å². The average molecular weight is 314 g/mol. The Kier molecular flexibility index (Phi) is 7.96. The van der Waals surface area contributed by atoms with Crippen molar-refractivity contribution in [3.05, 3.63) is 18.2 Å². The molecule has 1 atom stereocenters. The first-order chi connectivity index (χ1) is 10.1. The smallest absolute Gasteiger partial charge is 0.241 e. The lowest BCUT2D eigenvalue weighted by atomic mass is 10.2. The minimum Gasteiger partial charge on any atom is -0.493 e. The molecule has 0 spiro atoms. The Morgan fingerprint density at radius 3 is 2.86 bits per heavy atom. The van der Waals surface area contributed by atoms with Crippen LogP contribution >= 0.6 is 11.8 Å². The van der Waals surface area contributed by atoms with Crippen molar-refractivity contribution in [1.82, 2.24) is 0 Å². The quantitative estimate of drug-likeness (QED) is 0.631. The maximum Gasteiger partial charge on any atom is 0.241 e. The fraction of sp³-hybridized carbons (Fsp3) is 0.500. The van der Waals surface area contributed by atoms with Gasteiger partial charge in [-0.15, -0.1) is 0 Å². The molecule has 1 aromatic carbocycles. The van der Waals surface area contributed by atoms with Gasteiger partial charge in [0.15, 0.2) is 11.5 Å². The van der Waals surface area contributed by atoms with E-state index in [0.29, 0.717) is 23.6 Å². The Balaban J connectivity index is 2.72. The van der Waals surface area contributed by atoms with Crippen molar-refractivity contribution < 1.29 is 19.4 Å². The zero-order valence-corrected chi connectivity index (χ0v) is 13.1. The van der Waals surface area contributed by atoms with Gasteiger partial charge in [-0.1, -0.05) is 0 Å². The Labute approximate surface area is 129 Å². The Hall–Kier alpha value is -1.44. The average Bonchev–Trinajstić information content (AvgIpc) is 2.50. The van der Waals surface area contributed by atoms with E-state index < -0.39 is 6.04 Å². The Morgan fingerprint density at radius 2 is 2.24 bits per heavy atom. The molecule has 0 saturated carbocycles. The first kappa shape index (κ1) is 17.6. The summed E-state index contributed by atoms with van der Waals surface area (Å²) in [7, 11) is 1.53. The van der Waals surface area contributed by atoms with Crippen LogP contribution in [0.15, 0.2) is 18.2 Å². The Bertz CT molecular complexity index is 457. The molecule has 0 bridgehead atoms. The second kappa shape index (κ2) is 9.49. The highest BCUT2D eigenvalue weighted by atomic mass is 32.2. The molecule has 7 heteroatoms. The van der Waals surface area contributed by atoms with Gasteiger partial charge in [0.2, 0.25) is 5.91 Å². The van der Waals surface area contributed by atoms with Gasteiger partial charge in [0.25, 0.3) is 0 Å². The summed E-state index contributed by atoms with van der Waals surface area (Å²) in [6.07, 6.45) is 2.59.